The minimum absolute atomic E-state index is 0.211. The van der Waals surface area contributed by atoms with E-state index < -0.39 is 0 Å². The normalized spacial score (nSPS) is 15.6. The Morgan fingerprint density at radius 3 is 2.79 bits per heavy atom. The summed E-state index contributed by atoms with van der Waals surface area (Å²) in [6.07, 6.45) is 8.74. The summed E-state index contributed by atoms with van der Waals surface area (Å²) in [6.45, 7) is 2.64. The van der Waals surface area contributed by atoms with Crippen LogP contribution in [0.5, 0.6) is 0 Å². The molecule has 1 aliphatic rings. The second-order valence-corrected chi connectivity index (χ2v) is 6.80. The largest absolute Gasteiger partial charge is 0.404 e. The molecule has 0 saturated heterocycles. The van der Waals surface area contributed by atoms with Crippen LogP contribution in [0, 0.1) is 16.7 Å². The summed E-state index contributed by atoms with van der Waals surface area (Å²) >= 11 is 0. The van der Waals surface area contributed by atoms with Crippen molar-refractivity contribution in [2.75, 3.05) is 6.54 Å². The summed E-state index contributed by atoms with van der Waals surface area (Å²) in [5, 5.41) is 16.5. The zero-order chi connectivity index (χ0) is 20.8. The van der Waals surface area contributed by atoms with E-state index in [9.17, 15) is 0 Å². The molecule has 9 nitrogen and oxygen atoms in total. The second kappa shape index (κ2) is 9.05. The van der Waals surface area contributed by atoms with Crippen LogP contribution in [0.15, 0.2) is 39.5 Å². The zero-order valence-corrected chi connectivity index (χ0v) is 16.3. The van der Waals surface area contributed by atoms with Gasteiger partial charge in [0.2, 0.25) is 5.96 Å². The number of fused-ring (bicyclic) bond motifs is 1. The third-order valence-corrected chi connectivity index (χ3v) is 4.42. The summed E-state index contributed by atoms with van der Waals surface area (Å²) in [5.41, 5.74) is 15.3. The summed E-state index contributed by atoms with van der Waals surface area (Å²) < 4.78 is 0. The van der Waals surface area contributed by atoms with Crippen LogP contribution in [0.2, 0.25) is 0 Å². The van der Waals surface area contributed by atoms with Crippen LogP contribution in [0.1, 0.15) is 31.0 Å². The van der Waals surface area contributed by atoms with Gasteiger partial charge < -0.3 is 21.9 Å². The Bertz CT molecular complexity index is 1040. The lowest BCUT2D eigenvalue weighted by Gasteiger charge is -2.00. The number of amidine groups is 1. The molecule has 3 rings (SSSR count). The first kappa shape index (κ1) is 20.1. The van der Waals surface area contributed by atoms with E-state index in [1.807, 2.05) is 19.1 Å². The fourth-order valence-electron chi connectivity index (χ4n) is 2.76. The molecule has 2 aromatic heterocycles. The molecule has 1 aliphatic carbocycles. The van der Waals surface area contributed by atoms with Gasteiger partial charge in [0, 0.05) is 59.7 Å². The number of nitrogens with two attached hydrogens (primary N) is 2. The number of aromatic amines is 1. The highest BCUT2D eigenvalue weighted by atomic mass is 15.0. The first-order chi connectivity index (χ1) is 14.0. The van der Waals surface area contributed by atoms with Crippen molar-refractivity contribution in [3.63, 3.8) is 0 Å². The smallest absolute Gasteiger partial charge is 0.243 e. The summed E-state index contributed by atoms with van der Waals surface area (Å²) in [4.78, 5) is 19.7. The Labute approximate surface area is 168 Å². The van der Waals surface area contributed by atoms with Gasteiger partial charge in [-0.15, -0.1) is 0 Å². The molecular formula is C20H25N9. The van der Waals surface area contributed by atoms with Gasteiger partial charge in [-0.1, -0.05) is 0 Å². The molecule has 1 saturated carbocycles. The van der Waals surface area contributed by atoms with E-state index in [0.717, 1.165) is 40.7 Å². The highest BCUT2D eigenvalue weighted by Gasteiger charge is 2.24. The van der Waals surface area contributed by atoms with Crippen LogP contribution in [0.4, 0.5) is 0 Å². The minimum Gasteiger partial charge on any atom is -0.404 e. The molecule has 0 bridgehead atoms. The number of aliphatic imine (C=N–C) groups is 3. The summed E-state index contributed by atoms with van der Waals surface area (Å²) in [5.74, 6) is 0.339. The maximum atomic E-state index is 7.78. The molecule has 0 aliphatic heterocycles. The van der Waals surface area contributed by atoms with E-state index in [1.54, 1.807) is 12.4 Å². The van der Waals surface area contributed by atoms with Crippen LogP contribution >= 0.6 is 0 Å². The first-order valence-electron chi connectivity index (χ1n) is 9.44. The van der Waals surface area contributed by atoms with Crippen molar-refractivity contribution in [2.45, 2.75) is 26.2 Å². The highest BCUT2D eigenvalue weighted by molar-refractivity contribution is 6.32. The topological polar surface area (TPSA) is 165 Å². The van der Waals surface area contributed by atoms with Gasteiger partial charge in [-0.05, 0) is 31.9 Å². The monoisotopic (exact) mass is 391 g/mol. The van der Waals surface area contributed by atoms with Crippen molar-refractivity contribution in [2.24, 2.45) is 32.4 Å². The predicted octanol–water partition coefficient (Wildman–Crippen LogP) is 2.29. The number of guanidine groups is 1. The van der Waals surface area contributed by atoms with Gasteiger partial charge in [0.15, 0.2) is 0 Å². The van der Waals surface area contributed by atoms with Crippen molar-refractivity contribution in [1.29, 1.82) is 10.8 Å². The number of allylic oxidation sites excluding steroid dienone is 1. The highest BCUT2D eigenvalue weighted by Crippen LogP contribution is 2.29. The Morgan fingerprint density at radius 1 is 1.31 bits per heavy atom. The van der Waals surface area contributed by atoms with Gasteiger partial charge in [-0.3, -0.25) is 10.4 Å². The fourth-order valence-corrected chi connectivity index (χ4v) is 2.76. The summed E-state index contributed by atoms with van der Waals surface area (Å²) in [7, 11) is 0. The molecule has 2 aromatic rings. The van der Waals surface area contributed by atoms with Crippen molar-refractivity contribution >= 4 is 46.5 Å². The van der Waals surface area contributed by atoms with Crippen LogP contribution in [0.25, 0.3) is 16.6 Å². The lowest BCUT2D eigenvalue weighted by atomic mass is 10.1. The molecular weight excluding hydrogens is 366 g/mol. The number of H-pyrrole nitrogens is 1. The van der Waals surface area contributed by atoms with E-state index >= 15 is 0 Å². The second-order valence-electron chi connectivity index (χ2n) is 6.80. The van der Waals surface area contributed by atoms with E-state index in [1.165, 1.54) is 12.4 Å². The number of hydrogen-bond donors (Lipinski definition) is 5. The van der Waals surface area contributed by atoms with Crippen LogP contribution < -0.4 is 11.5 Å². The van der Waals surface area contributed by atoms with E-state index in [0.29, 0.717) is 24.6 Å². The van der Waals surface area contributed by atoms with Gasteiger partial charge in [0.1, 0.15) is 11.5 Å². The molecule has 0 atom stereocenters. The molecule has 2 heterocycles. The van der Waals surface area contributed by atoms with Crippen molar-refractivity contribution < 1.29 is 0 Å². The molecule has 0 spiro atoms. The standard InChI is InChI=1S/C20H25N9/c1-2-25-9-15(8-21)14-5-13-6-16(28-19(13)26-10-14)7-18(23)29-20(24)27-11-17(22)12-3-4-12/h5-6,8-12,22H,2-4,7,21H2,1H3,(H,26,28)(H3,23,24,29). The fraction of sp³-hybridized carbons (Fsp3) is 0.300. The van der Waals surface area contributed by atoms with Crippen LogP contribution in [0.3, 0.4) is 0 Å². The molecule has 1 fully saturated rings. The average Bonchev–Trinajstić information content (AvgIpc) is 3.47. The van der Waals surface area contributed by atoms with Crippen LogP contribution in [-0.4, -0.2) is 46.4 Å². The molecule has 0 radical (unpaired) electrons. The van der Waals surface area contributed by atoms with Gasteiger partial charge in [0.25, 0.3) is 0 Å². The lowest BCUT2D eigenvalue weighted by molar-refractivity contribution is 1.14. The predicted molar refractivity (Wildman–Crippen MR) is 119 cm³/mol. The molecule has 9 heteroatoms. The molecule has 0 unspecified atom stereocenters. The lowest BCUT2D eigenvalue weighted by Crippen LogP contribution is -2.17. The van der Waals surface area contributed by atoms with E-state index in [4.69, 9.17) is 22.3 Å². The zero-order valence-electron chi connectivity index (χ0n) is 16.3. The Balaban J connectivity index is 1.70. The van der Waals surface area contributed by atoms with Gasteiger partial charge in [-0.2, -0.15) is 4.99 Å². The third kappa shape index (κ3) is 5.44. The first-order valence-corrected chi connectivity index (χ1v) is 9.44. The molecule has 7 N–H and O–H groups in total. The number of aromatic nitrogens is 2. The molecule has 150 valence electrons. The quantitative estimate of drug-likeness (QED) is 0.361. The average molecular weight is 391 g/mol. The number of hydrogen-bond acceptors (Lipinski definition) is 5. The third-order valence-electron chi connectivity index (χ3n) is 4.42. The molecule has 29 heavy (non-hydrogen) atoms. The number of nitrogens with one attached hydrogen (secondary N) is 3. The van der Waals surface area contributed by atoms with Crippen molar-refractivity contribution in [1.82, 2.24) is 9.97 Å². The number of rotatable bonds is 7. The maximum absolute atomic E-state index is 7.78. The van der Waals surface area contributed by atoms with Crippen LogP contribution in [-0.2, 0) is 6.42 Å². The van der Waals surface area contributed by atoms with Gasteiger partial charge >= 0.3 is 0 Å². The van der Waals surface area contributed by atoms with Gasteiger partial charge in [0.05, 0.1) is 11.9 Å². The molecule has 0 amide bonds. The van der Waals surface area contributed by atoms with E-state index in [-0.39, 0.29) is 11.8 Å². The minimum atomic E-state index is -0.211. The Morgan fingerprint density at radius 2 is 2.10 bits per heavy atom. The maximum Gasteiger partial charge on any atom is 0.243 e. The Hall–Kier alpha value is -3.62. The summed E-state index contributed by atoms with van der Waals surface area (Å²) in [6, 6.07) is 3.92. The van der Waals surface area contributed by atoms with Crippen molar-refractivity contribution in [3.8, 4) is 0 Å². The Kier molecular flexibility index (Phi) is 6.28. The van der Waals surface area contributed by atoms with E-state index in [2.05, 4.69) is 24.9 Å². The van der Waals surface area contributed by atoms with Gasteiger partial charge in [-0.25, -0.2) is 9.98 Å². The number of nitrogens with zero attached hydrogens (tertiary/aromatic N) is 4. The number of pyridine rings is 1. The molecule has 0 aromatic carbocycles. The van der Waals surface area contributed by atoms with Crippen molar-refractivity contribution in [3.05, 3.63) is 35.8 Å². The SMILES string of the molecule is CCN=CC(=CN)c1cnc2[nH]c(CC(N)=NC(=N)N=CC(=N)C3CC3)cc2c1.